The Bertz CT molecular complexity index is 446. The fraction of sp³-hybridized carbons (Fsp3) is 0.385. The molecule has 1 rings (SSSR count). The largest absolute Gasteiger partial charge is 0.409 e. The molecule has 0 aliphatic rings. The summed E-state index contributed by atoms with van der Waals surface area (Å²) in [6.07, 6.45) is 0.678. The Hall–Kier alpha value is -1.75. The third kappa shape index (κ3) is 5.18. The van der Waals surface area contributed by atoms with Gasteiger partial charge in [-0.25, -0.2) is 0 Å². The first-order chi connectivity index (χ1) is 9.06. The Morgan fingerprint density at radius 1 is 1.42 bits per heavy atom. The average molecular weight is 284 g/mol. The molecule has 0 fully saturated rings. The highest BCUT2D eigenvalue weighted by Gasteiger charge is 2.12. The van der Waals surface area contributed by atoms with E-state index in [0.717, 1.165) is 5.56 Å². The molecule has 3 N–H and O–H groups in total. The summed E-state index contributed by atoms with van der Waals surface area (Å²) in [4.78, 5) is 13.8. The minimum atomic E-state index is 0.00978. The van der Waals surface area contributed by atoms with Crippen LogP contribution in [-0.2, 0) is 11.2 Å². The van der Waals surface area contributed by atoms with Gasteiger partial charge in [-0.3, -0.25) is 4.79 Å². The molecule has 0 spiro atoms. The van der Waals surface area contributed by atoms with Crippen molar-refractivity contribution < 1.29 is 10.0 Å². The number of carbonyl (C=O) groups is 1. The SMILES string of the molecule is CCN(CC/C(N)=N/O)C(=O)Cc1ccc(Cl)cc1. The summed E-state index contributed by atoms with van der Waals surface area (Å²) in [7, 11) is 0. The summed E-state index contributed by atoms with van der Waals surface area (Å²) >= 11 is 5.79. The molecule has 0 atom stereocenters. The lowest BCUT2D eigenvalue weighted by Gasteiger charge is -2.20. The molecule has 0 aliphatic carbocycles. The van der Waals surface area contributed by atoms with Crippen LogP contribution >= 0.6 is 11.6 Å². The summed E-state index contributed by atoms with van der Waals surface area (Å²) in [6, 6.07) is 7.18. The van der Waals surface area contributed by atoms with Gasteiger partial charge in [-0.2, -0.15) is 0 Å². The summed E-state index contributed by atoms with van der Waals surface area (Å²) in [6.45, 7) is 2.93. The lowest BCUT2D eigenvalue weighted by Crippen LogP contribution is -2.35. The zero-order valence-electron chi connectivity index (χ0n) is 10.8. The monoisotopic (exact) mass is 283 g/mol. The number of hydrogen-bond acceptors (Lipinski definition) is 3. The lowest BCUT2D eigenvalue weighted by atomic mass is 10.1. The van der Waals surface area contributed by atoms with Gasteiger partial charge in [0.2, 0.25) is 5.91 Å². The van der Waals surface area contributed by atoms with Crippen LogP contribution in [-0.4, -0.2) is 34.9 Å². The Morgan fingerprint density at radius 3 is 2.58 bits per heavy atom. The van der Waals surface area contributed by atoms with E-state index in [-0.39, 0.29) is 11.7 Å². The van der Waals surface area contributed by atoms with Crippen LogP contribution in [0.4, 0.5) is 0 Å². The van der Waals surface area contributed by atoms with E-state index in [1.165, 1.54) is 0 Å². The number of nitrogens with zero attached hydrogens (tertiary/aromatic N) is 2. The molecule has 0 unspecified atom stereocenters. The predicted octanol–water partition coefficient (Wildman–Crippen LogP) is 1.87. The van der Waals surface area contributed by atoms with Gasteiger partial charge in [0, 0.05) is 24.5 Å². The fourth-order valence-corrected chi connectivity index (χ4v) is 1.77. The zero-order chi connectivity index (χ0) is 14.3. The van der Waals surface area contributed by atoms with Crippen molar-refractivity contribution in [2.24, 2.45) is 10.9 Å². The number of benzene rings is 1. The van der Waals surface area contributed by atoms with Crippen molar-refractivity contribution in [2.75, 3.05) is 13.1 Å². The van der Waals surface area contributed by atoms with Gasteiger partial charge in [0.1, 0.15) is 5.84 Å². The van der Waals surface area contributed by atoms with Gasteiger partial charge in [-0.05, 0) is 24.6 Å². The topological polar surface area (TPSA) is 78.9 Å². The molecule has 0 saturated heterocycles. The second-order valence-electron chi connectivity index (χ2n) is 4.12. The summed E-state index contributed by atoms with van der Waals surface area (Å²) < 4.78 is 0. The fourth-order valence-electron chi connectivity index (χ4n) is 1.65. The van der Waals surface area contributed by atoms with Gasteiger partial charge >= 0.3 is 0 Å². The lowest BCUT2D eigenvalue weighted by molar-refractivity contribution is -0.130. The molecular weight excluding hydrogens is 266 g/mol. The van der Waals surface area contributed by atoms with Gasteiger partial charge in [-0.1, -0.05) is 28.9 Å². The number of rotatable bonds is 6. The van der Waals surface area contributed by atoms with E-state index in [9.17, 15) is 4.79 Å². The summed E-state index contributed by atoms with van der Waals surface area (Å²) in [5, 5.41) is 12.0. The number of halogens is 1. The highest BCUT2D eigenvalue weighted by atomic mass is 35.5. The van der Waals surface area contributed by atoms with E-state index in [1.807, 2.05) is 19.1 Å². The number of oxime groups is 1. The molecule has 1 amide bonds. The summed E-state index contributed by atoms with van der Waals surface area (Å²) in [5.74, 6) is 0.133. The molecule has 1 aromatic carbocycles. The number of amides is 1. The Kier molecular flexibility index (Phi) is 6.15. The summed E-state index contributed by atoms with van der Waals surface area (Å²) in [5.41, 5.74) is 6.31. The van der Waals surface area contributed by atoms with Crippen molar-refractivity contribution in [1.82, 2.24) is 4.90 Å². The number of likely N-dealkylation sites (N-methyl/N-ethyl adjacent to an activating group) is 1. The number of carbonyl (C=O) groups excluding carboxylic acids is 1. The van der Waals surface area contributed by atoms with E-state index < -0.39 is 0 Å². The van der Waals surface area contributed by atoms with Crippen LogP contribution in [0.25, 0.3) is 0 Å². The van der Waals surface area contributed by atoms with E-state index in [0.29, 0.717) is 31.0 Å². The minimum absolute atomic E-state index is 0.00978. The molecular formula is C13H18ClN3O2. The van der Waals surface area contributed by atoms with E-state index in [1.54, 1.807) is 17.0 Å². The molecule has 0 aromatic heterocycles. The third-order valence-corrected chi connectivity index (χ3v) is 3.02. The molecule has 0 aliphatic heterocycles. The van der Waals surface area contributed by atoms with Crippen molar-refractivity contribution in [3.8, 4) is 0 Å². The van der Waals surface area contributed by atoms with Crippen LogP contribution in [0.2, 0.25) is 5.02 Å². The highest BCUT2D eigenvalue weighted by Crippen LogP contribution is 2.11. The molecule has 0 heterocycles. The number of nitrogens with two attached hydrogens (primary N) is 1. The van der Waals surface area contributed by atoms with Crippen molar-refractivity contribution in [3.05, 3.63) is 34.9 Å². The second kappa shape index (κ2) is 7.63. The van der Waals surface area contributed by atoms with Crippen LogP contribution in [0.15, 0.2) is 29.4 Å². The molecule has 19 heavy (non-hydrogen) atoms. The first-order valence-electron chi connectivity index (χ1n) is 6.05. The standard InChI is InChI=1S/C13H18ClN3O2/c1-2-17(8-7-12(15)16-19)13(18)9-10-3-5-11(14)6-4-10/h3-6,19H,2,7-9H2,1H3,(H2,15,16). The molecule has 6 heteroatoms. The van der Waals surface area contributed by atoms with Gasteiger partial charge in [-0.15, -0.1) is 0 Å². The number of hydrogen-bond donors (Lipinski definition) is 2. The van der Waals surface area contributed by atoms with E-state index in [4.69, 9.17) is 22.5 Å². The van der Waals surface area contributed by atoms with Crippen molar-refractivity contribution in [1.29, 1.82) is 0 Å². The van der Waals surface area contributed by atoms with Gasteiger partial charge in [0.25, 0.3) is 0 Å². The first-order valence-corrected chi connectivity index (χ1v) is 6.43. The molecule has 0 bridgehead atoms. The molecule has 104 valence electrons. The van der Waals surface area contributed by atoms with Crippen LogP contribution in [0.3, 0.4) is 0 Å². The van der Waals surface area contributed by atoms with Crippen LogP contribution in [0.5, 0.6) is 0 Å². The van der Waals surface area contributed by atoms with E-state index >= 15 is 0 Å². The minimum Gasteiger partial charge on any atom is -0.409 e. The average Bonchev–Trinajstić information content (AvgIpc) is 2.41. The van der Waals surface area contributed by atoms with Gasteiger partial charge in [0.15, 0.2) is 0 Å². The third-order valence-electron chi connectivity index (χ3n) is 2.77. The molecule has 5 nitrogen and oxygen atoms in total. The number of amidine groups is 1. The van der Waals surface area contributed by atoms with Gasteiger partial charge < -0.3 is 15.8 Å². The Balaban J connectivity index is 2.56. The molecule has 0 saturated carbocycles. The van der Waals surface area contributed by atoms with Crippen molar-refractivity contribution in [3.63, 3.8) is 0 Å². The molecule has 1 aromatic rings. The quantitative estimate of drug-likeness (QED) is 0.362. The van der Waals surface area contributed by atoms with Crippen LogP contribution in [0.1, 0.15) is 18.9 Å². The normalized spacial score (nSPS) is 11.4. The van der Waals surface area contributed by atoms with E-state index in [2.05, 4.69) is 5.16 Å². The highest BCUT2D eigenvalue weighted by molar-refractivity contribution is 6.30. The smallest absolute Gasteiger partial charge is 0.226 e. The maximum absolute atomic E-state index is 12.1. The zero-order valence-corrected chi connectivity index (χ0v) is 11.6. The maximum Gasteiger partial charge on any atom is 0.226 e. The molecule has 0 radical (unpaired) electrons. The first kappa shape index (κ1) is 15.3. The van der Waals surface area contributed by atoms with Crippen LogP contribution < -0.4 is 5.73 Å². The second-order valence-corrected chi connectivity index (χ2v) is 4.55. The van der Waals surface area contributed by atoms with Crippen molar-refractivity contribution in [2.45, 2.75) is 19.8 Å². The van der Waals surface area contributed by atoms with Gasteiger partial charge in [0.05, 0.1) is 6.42 Å². The Labute approximate surface area is 117 Å². The van der Waals surface area contributed by atoms with Crippen molar-refractivity contribution >= 4 is 23.3 Å². The maximum atomic E-state index is 12.1. The Morgan fingerprint density at radius 2 is 2.05 bits per heavy atom. The predicted molar refractivity (Wildman–Crippen MR) is 75.4 cm³/mol. The van der Waals surface area contributed by atoms with Crippen LogP contribution in [0, 0.1) is 0 Å².